The van der Waals surface area contributed by atoms with Gasteiger partial charge in [-0.2, -0.15) is 0 Å². The Bertz CT molecular complexity index is 677. The van der Waals surface area contributed by atoms with Crippen LogP contribution in [-0.4, -0.2) is 51.5 Å². The molecule has 6 heteroatoms. The minimum absolute atomic E-state index is 0.390. The Morgan fingerprint density at radius 1 is 1.36 bits per heavy atom. The smallest absolute Gasteiger partial charge is 0.333 e. The molecule has 0 spiro atoms. The molecule has 1 aliphatic rings. The van der Waals surface area contributed by atoms with Gasteiger partial charge in [0.05, 0.1) is 19.9 Å². The van der Waals surface area contributed by atoms with E-state index in [0.717, 1.165) is 18.8 Å². The Morgan fingerprint density at radius 3 is 2.68 bits per heavy atom. The lowest BCUT2D eigenvalue weighted by atomic mass is 10.2. The zero-order chi connectivity index (χ0) is 18.2. The quantitative estimate of drug-likeness (QED) is 0.451. The van der Waals surface area contributed by atoms with Gasteiger partial charge in [-0.1, -0.05) is 12.1 Å². The maximum Gasteiger partial charge on any atom is 0.333 e. The molecule has 0 saturated heterocycles. The van der Waals surface area contributed by atoms with Crippen LogP contribution in [-0.2, 0) is 20.8 Å². The van der Waals surface area contributed by atoms with Crippen molar-refractivity contribution >= 4 is 12.7 Å². The average molecular weight is 344 g/mol. The fourth-order valence-electron chi connectivity index (χ4n) is 2.53. The van der Waals surface area contributed by atoms with E-state index in [9.17, 15) is 4.79 Å². The summed E-state index contributed by atoms with van der Waals surface area (Å²) in [5.41, 5.74) is 2.34. The number of rotatable bonds is 6. The number of carbonyl (C=O) groups excluding carboxylic acids is 1. The lowest BCUT2D eigenvalue weighted by Gasteiger charge is -2.19. The van der Waals surface area contributed by atoms with Crippen LogP contribution in [0.25, 0.3) is 0 Å². The Hall–Kier alpha value is -2.60. The maximum absolute atomic E-state index is 11.6. The Balaban J connectivity index is 2.14. The number of ether oxygens (including phenoxy) is 3. The van der Waals surface area contributed by atoms with Crippen molar-refractivity contribution in [3.05, 3.63) is 52.9 Å². The number of nitrogens with zero attached hydrogens (tertiary/aromatic N) is 2. The third-order valence-electron chi connectivity index (χ3n) is 3.93. The lowest BCUT2D eigenvalue weighted by molar-refractivity contribution is -0.136. The van der Waals surface area contributed by atoms with Crippen molar-refractivity contribution in [2.24, 2.45) is 4.99 Å². The molecule has 0 unspecified atom stereocenters. The molecule has 0 atom stereocenters. The molecule has 1 heterocycles. The van der Waals surface area contributed by atoms with Crippen molar-refractivity contribution in [2.75, 3.05) is 33.9 Å². The second kappa shape index (κ2) is 9.03. The van der Waals surface area contributed by atoms with Crippen LogP contribution >= 0.6 is 0 Å². The maximum atomic E-state index is 11.6. The summed E-state index contributed by atoms with van der Waals surface area (Å²) in [6.45, 7) is 7.94. The first kappa shape index (κ1) is 18.7. The SMILES string of the molecule is C=NC1=C(/C=C(\C)C(=O)OC)OCCN(Cc2ccc(OC)cc2)C1. The van der Waals surface area contributed by atoms with Crippen LogP contribution < -0.4 is 4.74 Å². The summed E-state index contributed by atoms with van der Waals surface area (Å²) in [6, 6.07) is 7.97. The van der Waals surface area contributed by atoms with Crippen LogP contribution in [0, 0.1) is 0 Å². The third kappa shape index (κ3) is 5.19. The molecule has 134 valence electrons. The molecule has 1 aliphatic heterocycles. The molecule has 0 fully saturated rings. The molecule has 0 amide bonds. The zero-order valence-electron chi connectivity index (χ0n) is 14.9. The fourth-order valence-corrected chi connectivity index (χ4v) is 2.53. The molecule has 0 radical (unpaired) electrons. The molecule has 1 aromatic carbocycles. The van der Waals surface area contributed by atoms with Crippen LogP contribution in [0.4, 0.5) is 0 Å². The van der Waals surface area contributed by atoms with Gasteiger partial charge in [-0.3, -0.25) is 9.89 Å². The normalized spacial score (nSPS) is 16.0. The molecule has 6 nitrogen and oxygen atoms in total. The molecule has 2 rings (SSSR count). The van der Waals surface area contributed by atoms with Crippen molar-refractivity contribution in [2.45, 2.75) is 13.5 Å². The van der Waals surface area contributed by atoms with Gasteiger partial charge in [0, 0.05) is 25.2 Å². The monoisotopic (exact) mass is 344 g/mol. The first-order chi connectivity index (χ1) is 12.1. The van der Waals surface area contributed by atoms with Crippen molar-refractivity contribution in [3.8, 4) is 5.75 Å². The predicted molar refractivity (Wildman–Crippen MR) is 96.6 cm³/mol. The van der Waals surface area contributed by atoms with Gasteiger partial charge in [0.15, 0.2) is 0 Å². The number of methoxy groups -OCH3 is 2. The Kier molecular flexibility index (Phi) is 6.77. The number of hydrogen-bond acceptors (Lipinski definition) is 6. The van der Waals surface area contributed by atoms with Crippen LogP contribution in [0.2, 0.25) is 0 Å². The topological polar surface area (TPSA) is 60.4 Å². The van der Waals surface area contributed by atoms with Gasteiger partial charge in [0.1, 0.15) is 18.1 Å². The molecule has 0 N–H and O–H groups in total. The Morgan fingerprint density at radius 2 is 2.08 bits per heavy atom. The summed E-state index contributed by atoms with van der Waals surface area (Å²) in [4.78, 5) is 17.9. The van der Waals surface area contributed by atoms with Gasteiger partial charge in [-0.15, -0.1) is 0 Å². The van der Waals surface area contributed by atoms with E-state index in [-0.39, 0.29) is 5.97 Å². The number of esters is 1. The highest BCUT2D eigenvalue weighted by molar-refractivity contribution is 5.88. The average Bonchev–Trinajstić information content (AvgIpc) is 2.83. The number of carbonyl (C=O) groups is 1. The van der Waals surface area contributed by atoms with Gasteiger partial charge in [0.2, 0.25) is 0 Å². The summed E-state index contributed by atoms with van der Waals surface area (Å²) >= 11 is 0. The van der Waals surface area contributed by atoms with Gasteiger partial charge in [-0.05, 0) is 37.4 Å². The molecule has 1 aromatic rings. The van der Waals surface area contributed by atoms with Gasteiger partial charge < -0.3 is 14.2 Å². The molecule has 25 heavy (non-hydrogen) atoms. The summed E-state index contributed by atoms with van der Waals surface area (Å²) in [7, 11) is 3.00. The van der Waals surface area contributed by atoms with Gasteiger partial charge >= 0.3 is 5.97 Å². The van der Waals surface area contributed by atoms with E-state index in [1.54, 1.807) is 20.1 Å². The second-order valence-corrected chi connectivity index (χ2v) is 5.70. The molecule has 0 saturated carbocycles. The van der Waals surface area contributed by atoms with Gasteiger partial charge in [0.25, 0.3) is 0 Å². The van der Waals surface area contributed by atoms with Crippen LogP contribution in [0.15, 0.2) is 52.4 Å². The van der Waals surface area contributed by atoms with Crippen LogP contribution in [0.5, 0.6) is 5.75 Å². The standard InChI is InChI=1S/C19H24N2O4/c1-14(19(22)24-4)11-18-17(20-2)13-21(9-10-25-18)12-15-5-7-16(23-3)8-6-15/h5-8,11H,2,9-10,12-13H2,1,3-4H3/b14-11+. The molecule has 0 bridgehead atoms. The molecular weight excluding hydrogens is 320 g/mol. The first-order valence-corrected chi connectivity index (χ1v) is 8.02. The van der Waals surface area contributed by atoms with Crippen LogP contribution in [0.3, 0.4) is 0 Å². The minimum atomic E-state index is -0.390. The van der Waals surface area contributed by atoms with Gasteiger partial charge in [-0.25, -0.2) is 4.79 Å². The van der Waals surface area contributed by atoms with Crippen molar-refractivity contribution in [3.63, 3.8) is 0 Å². The number of hydrogen-bond donors (Lipinski definition) is 0. The van der Waals surface area contributed by atoms with Crippen molar-refractivity contribution in [1.82, 2.24) is 4.90 Å². The zero-order valence-corrected chi connectivity index (χ0v) is 14.9. The molecule has 0 aromatic heterocycles. The fraction of sp³-hybridized carbons (Fsp3) is 0.368. The largest absolute Gasteiger partial charge is 0.497 e. The van der Waals surface area contributed by atoms with E-state index in [1.807, 2.05) is 24.3 Å². The van der Waals surface area contributed by atoms with E-state index in [4.69, 9.17) is 14.2 Å². The first-order valence-electron chi connectivity index (χ1n) is 8.02. The van der Waals surface area contributed by atoms with E-state index in [1.165, 1.54) is 12.7 Å². The molecular formula is C19H24N2O4. The van der Waals surface area contributed by atoms with Crippen molar-refractivity contribution in [1.29, 1.82) is 0 Å². The van der Waals surface area contributed by atoms with Crippen LogP contribution in [0.1, 0.15) is 12.5 Å². The number of allylic oxidation sites excluding steroid dienone is 1. The van der Waals surface area contributed by atoms with Crippen molar-refractivity contribution < 1.29 is 19.0 Å². The molecule has 0 aliphatic carbocycles. The summed E-state index contributed by atoms with van der Waals surface area (Å²) in [6.07, 6.45) is 1.66. The van der Waals surface area contributed by atoms with E-state index < -0.39 is 0 Å². The van der Waals surface area contributed by atoms with E-state index in [2.05, 4.69) is 16.6 Å². The Labute approximate surface area is 148 Å². The van der Waals surface area contributed by atoms with E-state index >= 15 is 0 Å². The number of aliphatic imine (C=N–C) groups is 1. The number of benzene rings is 1. The van der Waals surface area contributed by atoms with E-state index in [0.29, 0.717) is 30.2 Å². The summed E-state index contributed by atoms with van der Waals surface area (Å²) < 4.78 is 15.7. The summed E-state index contributed by atoms with van der Waals surface area (Å²) in [5, 5.41) is 0. The highest BCUT2D eigenvalue weighted by atomic mass is 16.5. The predicted octanol–water partition coefficient (Wildman–Crippen LogP) is 2.56. The lowest BCUT2D eigenvalue weighted by Crippen LogP contribution is -2.26. The third-order valence-corrected chi connectivity index (χ3v) is 3.93. The highest BCUT2D eigenvalue weighted by Gasteiger charge is 2.18. The highest BCUT2D eigenvalue weighted by Crippen LogP contribution is 2.19. The summed E-state index contributed by atoms with van der Waals surface area (Å²) in [5.74, 6) is 1.01. The second-order valence-electron chi connectivity index (χ2n) is 5.70. The minimum Gasteiger partial charge on any atom is -0.497 e.